The van der Waals surface area contributed by atoms with E-state index in [1.165, 1.54) is 0 Å². The molecule has 0 spiro atoms. The van der Waals surface area contributed by atoms with E-state index >= 15 is 0 Å². The standard InChI is InChI=1S/C16H20N4O3/c1-10-4-5-17-16(18-10)14-9-20(6-7-22-14)15(21)8-13-11(2)19-23-12(13)3/h4-5,14H,6-9H2,1-3H3. The molecule has 3 rings (SSSR count). The summed E-state index contributed by atoms with van der Waals surface area (Å²) < 4.78 is 10.9. The zero-order valence-corrected chi connectivity index (χ0v) is 13.6. The molecule has 2 aromatic heterocycles. The van der Waals surface area contributed by atoms with E-state index in [1.807, 2.05) is 26.8 Å². The van der Waals surface area contributed by atoms with Gasteiger partial charge in [0.25, 0.3) is 0 Å². The summed E-state index contributed by atoms with van der Waals surface area (Å²) >= 11 is 0. The van der Waals surface area contributed by atoms with E-state index < -0.39 is 0 Å². The first-order valence-corrected chi connectivity index (χ1v) is 7.65. The van der Waals surface area contributed by atoms with Gasteiger partial charge in [-0.25, -0.2) is 9.97 Å². The van der Waals surface area contributed by atoms with E-state index in [9.17, 15) is 4.79 Å². The van der Waals surface area contributed by atoms with Gasteiger partial charge in [-0.05, 0) is 26.8 Å². The molecule has 7 heteroatoms. The second-order valence-electron chi connectivity index (χ2n) is 5.73. The quantitative estimate of drug-likeness (QED) is 0.854. The van der Waals surface area contributed by atoms with Crippen LogP contribution in [-0.4, -0.2) is 45.6 Å². The van der Waals surface area contributed by atoms with E-state index in [1.54, 1.807) is 11.1 Å². The van der Waals surface area contributed by atoms with Gasteiger partial charge >= 0.3 is 0 Å². The van der Waals surface area contributed by atoms with E-state index in [2.05, 4.69) is 15.1 Å². The zero-order valence-electron chi connectivity index (χ0n) is 13.6. The SMILES string of the molecule is Cc1ccnc(C2CN(C(=O)Cc3c(C)noc3C)CCO2)n1. The first kappa shape index (κ1) is 15.6. The van der Waals surface area contributed by atoms with Crippen molar-refractivity contribution in [3.8, 4) is 0 Å². The van der Waals surface area contributed by atoms with Crippen molar-refractivity contribution in [2.75, 3.05) is 19.7 Å². The normalized spacial score (nSPS) is 18.2. The summed E-state index contributed by atoms with van der Waals surface area (Å²) in [5.74, 6) is 1.36. The molecule has 0 aliphatic carbocycles. The smallest absolute Gasteiger partial charge is 0.227 e. The van der Waals surface area contributed by atoms with Crippen LogP contribution in [0.4, 0.5) is 0 Å². The van der Waals surface area contributed by atoms with Gasteiger partial charge in [-0.15, -0.1) is 0 Å². The third-order valence-corrected chi connectivity index (χ3v) is 4.03. The maximum absolute atomic E-state index is 12.6. The van der Waals surface area contributed by atoms with E-state index in [0.717, 1.165) is 17.0 Å². The van der Waals surface area contributed by atoms with Crippen molar-refractivity contribution < 1.29 is 14.1 Å². The van der Waals surface area contributed by atoms with Crippen LogP contribution < -0.4 is 0 Å². The summed E-state index contributed by atoms with van der Waals surface area (Å²) in [5, 5.41) is 3.90. The number of hydrogen-bond donors (Lipinski definition) is 0. The maximum Gasteiger partial charge on any atom is 0.227 e. The lowest BCUT2D eigenvalue weighted by molar-refractivity contribution is -0.138. The minimum absolute atomic E-state index is 0.0420. The highest BCUT2D eigenvalue weighted by Gasteiger charge is 2.28. The number of amides is 1. The van der Waals surface area contributed by atoms with Crippen LogP contribution in [0, 0.1) is 20.8 Å². The third-order valence-electron chi connectivity index (χ3n) is 4.03. The van der Waals surface area contributed by atoms with E-state index in [-0.39, 0.29) is 12.0 Å². The molecule has 7 nitrogen and oxygen atoms in total. The molecular formula is C16H20N4O3. The predicted octanol–water partition coefficient (Wildman–Crippen LogP) is 1.53. The van der Waals surface area contributed by atoms with Gasteiger partial charge in [0.2, 0.25) is 5.91 Å². The van der Waals surface area contributed by atoms with Crippen LogP contribution in [-0.2, 0) is 16.0 Å². The largest absolute Gasteiger partial charge is 0.367 e. The average Bonchev–Trinajstić information content (AvgIpc) is 2.87. The average molecular weight is 316 g/mol. The van der Waals surface area contributed by atoms with Crippen molar-refractivity contribution in [3.05, 3.63) is 40.8 Å². The van der Waals surface area contributed by atoms with Crippen molar-refractivity contribution in [2.45, 2.75) is 33.3 Å². The Morgan fingerprint density at radius 1 is 1.39 bits per heavy atom. The Labute approximate surface area is 134 Å². The van der Waals surface area contributed by atoms with Gasteiger partial charge in [0.1, 0.15) is 11.9 Å². The molecule has 3 heterocycles. The molecule has 1 atom stereocenters. The van der Waals surface area contributed by atoms with Gasteiger partial charge < -0.3 is 14.2 Å². The second kappa shape index (κ2) is 6.45. The van der Waals surface area contributed by atoms with Gasteiger partial charge in [0, 0.05) is 24.0 Å². The van der Waals surface area contributed by atoms with Crippen molar-refractivity contribution in [3.63, 3.8) is 0 Å². The summed E-state index contributed by atoms with van der Waals surface area (Å²) in [6, 6.07) is 1.84. The third kappa shape index (κ3) is 3.39. The topological polar surface area (TPSA) is 81.4 Å². The Morgan fingerprint density at radius 3 is 2.91 bits per heavy atom. The number of carbonyl (C=O) groups is 1. The van der Waals surface area contributed by atoms with Crippen LogP contribution in [0.3, 0.4) is 0 Å². The van der Waals surface area contributed by atoms with Gasteiger partial charge in [0.15, 0.2) is 5.82 Å². The molecule has 23 heavy (non-hydrogen) atoms. The number of nitrogens with zero attached hydrogens (tertiary/aromatic N) is 4. The Morgan fingerprint density at radius 2 is 2.22 bits per heavy atom. The lowest BCUT2D eigenvalue weighted by atomic mass is 10.1. The molecule has 1 aliphatic heterocycles. The van der Waals surface area contributed by atoms with Gasteiger partial charge in [-0.3, -0.25) is 4.79 Å². The fraction of sp³-hybridized carbons (Fsp3) is 0.500. The number of carbonyl (C=O) groups excluding carboxylic acids is 1. The summed E-state index contributed by atoms with van der Waals surface area (Å²) in [7, 11) is 0. The lowest BCUT2D eigenvalue weighted by Crippen LogP contribution is -2.43. The molecule has 0 saturated carbocycles. The zero-order chi connectivity index (χ0) is 16.4. The first-order chi connectivity index (χ1) is 11.0. The van der Waals surface area contributed by atoms with Crippen molar-refractivity contribution >= 4 is 5.91 Å². The van der Waals surface area contributed by atoms with Crippen LogP contribution in [0.1, 0.15) is 34.6 Å². The Balaban J connectivity index is 1.70. The minimum Gasteiger partial charge on any atom is -0.367 e. The lowest BCUT2D eigenvalue weighted by Gasteiger charge is -2.32. The first-order valence-electron chi connectivity index (χ1n) is 7.65. The molecule has 1 saturated heterocycles. The summed E-state index contributed by atoms with van der Waals surface area (Å²) in [5.41, 5.74) is 2.52. The Bertz CT molecular complexity index is 694. The van der Waals surface area contributed by atoms with Crippen molar-refractivity contribution in [2.24, 2.45) is 0 Å². The number of aryl methyl sites for hydroxylation is 3. The monoisotopic (exact) mass is 316 g/mol. The molecule has 1 fully saturated rings. The summed E-state index contributed by atoms with van der Waals surface area (Å²) in [6.07, 6.45) is 1.73. The van der Waals surface area contributed by atoms with Crippen molar-refractivity contribution in [1.82, 2.24) is 20.0 Å². The van der Waals surface area contributed by atoms with Crippen LogP contribution in [0.5, 0.6) is 0 Å². The van der Waals surface area contributed by atoms with Crippen LogP contribution >= 0.6 is 0 Å². The molecule has 122 valence electrons. The Kier molecular flexibility index (Phi) is 4.38. The van der Waals surface area contributed by atoms with E-state index in [0.29, 0.717) is 37.7 Å². The second-order valence-corrected chi connectivity index (χ2v) is 5.73. The van der Waals surface area contributed by atoms with Crippen LogP contribution in [0.25, 0.3) is 0 Å². The molecule has 2 aromatic rings. The number of aromatic nitrogens is 3. The highest BCUT2D eigenvalue weighted by atomic mass is 16.5. The summed E-state index contributed by atoms with van der Waals surface area (Å²) in [6.45, 7) is 7.10. The Hall–Kier alpha value is -2.28. The molecule has 0 radical (unpaired) electrons. The van der Waals surface area contributed by atoms with Gasteiger partial charge in [-0.2, -0.15) is 0 Å². The molecule has 1 aliphatic rings. The predicted molar refractivity (Wildman–Crippen MR) is 81.7 cm³/mol. The highest BCUT2D eigenvalue weighted by molar-refractivity contribution is 5.79. The molecule has 0 aromatic carbocycles. The molecule has 1 unspecified atom stereocenters. The van der Waals surface area contributed by atoms with Gasteiger partial charge in [0.05, 0.1) is 25.3 Å². The fourth-order valence-corrected chi connectivity index (χ4v) is 2.67. The summed E-state index contributed by atoms with van der Waals surface area (Å²) in [4.78, 5) is 23.0. The molecule has 1 amide bonds. The highest BCUT2D eigenvalue weighted by Crippen LogP contribution is 2.21. The van der Waals surface area contributed by atoms with Crippen molar-refractivity contribution in [1.29, 1.82) is 0 Å². The van der Waals surface area contributed by atoms with Gasteiger partial charge in [-0.1, -0.05) is 5.16 Å². The minimum atomic E-state index is -0.280. The fourth-order valence-electron chi connectivity index (χ4n) is 2.67. The molecular weight excluding hydrogens is 296 g/mol. The number of ether oxygens (including phenoxy) is 1. The van der Waals surface area contributed by atoms with Crippen LogP contribution in [0.15, 0.2) is 16.8 Å². The number of morpholine rings is 1. The number of hydrogen-bond acceptors (Lipinski definition) is 6. The molecule has 0 bridgehead atoms. The van der Waals surface area contributed by atoms with Crippen LogP contribution in [0.2, 0.25) is 0 Å². The maximum atomic E-state index is 12.6. The molecule has 0 N–H and O–H groups in total. The van der Waals surface area contributed by atoms with E-state index in [4.69, 9.17) is 9.26 Å². The number of rotatable bonds is 3.